The first-order chi connectivity index (χ1) is 9.49. The highest BCUT2D eigenvalue weighted by Crippen LogP contribution is 2.40. The Balaban J connectivity index is 2.31. The molecule has 1 aliphatic rings. The second-order valence-electron chi connectivity index (χ2n) is 6.84. The van der Waals surface area contributed by atoms with E-state index >= 15 is 0 Å². The second kappa shape index (κ2) is 6.17. The molecular weight excluding hydrogens is 246 g/mol. The number of hydrogen-bond donors (Lipinski definition) is 1. The Kier molecular flexibility index (Phi) is 4.74. The molecular formula is C18H29NO. The van der Waals surface area contributed by atoms with E-state index in [1.54, 1.807) is 0 Å². The zero-order chi connectivity index (χ0) is 14.8. The Morgan fingerprint density at radius 1 is 1.20 bits per heavy atom. The summed E-state index contributed by atoms with van der Waals surface area (Å²) in [6, 6.07) is 6.51. The molecule has 0 radical (unpaired) electrons. The van der Waals surface area contributed by atoms with Crippen LogP contribution in [0.3, 0.4) is 0 Å². The van der Waals surface area contributed by atoms with Gasteiger partial charge < -0.3 is 5.11 Å². The number of benzene rings is 1. The number of hydrogen-bond acceptors (Lipinski definition) is 2. The van der Waals surface area contributed by atoms with E-state index in [1.807, 2.05) is 12.1 Å². The molecule has 0 aromatic heterocycles. The fraction of sp³-hybridized carbons (Fsp3) is 0.667. The molecule has 1 N–H and O–H groups in total. The molecule has 1 unspecified atom stereocenters. The Bertz CT molecular complexity index is 447. The number of rotatable bonds is 5. The molecule has 1 aromatic carbocycles. The lowest BCUT2D eigenvalue weighted by atomic mass is 9.69. The summed E-state index contributed by atoms with van der Waals surface area (Å²) >= 11 is 0. The van der Waals surface area contributed by atoms with Crippen LogP contribution in [0.2, 0.25) is 0 Å². The molecule has 0 saturated heterocycles. The molecule has 0 aliphatic heterocycles. The quantitative estimate of drug-likeness (QED) is 0.877. The molecule has 2 heteroatoms. The van der Waals surface area contributed by atoms with Gasteiger partial charge in [0.2, 0.25) is 0 Å². The lowest BCUT2D eigenvalue weighted by Gasteiger charge is -2.46. The molecule has 1 atom stereocenters. The second-order valence-corrected chi connectivity index (χ2v) is 6.84. The van der Waals surface area contributed by atoms with Crippen molar-refractivity contribution in [3.05, 3.63) is 29.3 Å². The summed E-state index contributed by atoms with van der Waals surface area (Å²) in [5.41, 5.74) is 2.78. The Labute approximate surface area is 123 Å². The van der Waals surface area contributed by atoms with Gasteiger partial charge in [-0.1, -0.05) is 39.8 Å². The maximum Gasteiger partial charge on any atom is 0.119 e. The van der Waals surface area contributed by atoms with Crippen LogP contribution in [0.1, 0.15) is 51.7 Å². The minimum Gasteiger partial charge on any atom is -0.508 e. The lowest BCUT2D eigenvalue weighted by molar-refractivity contribution is 0.0770. The smallest absolute Gasteiger partial charge is 0.119 e. The number of fused-ring (bicyclic) bond motifs is 1. The van der Waals surface area contributed by atoms with Crippen LogP contribution in [-0.2, 0) is 12.8 Å². The van der Waals surface area contributed by atoms with E-state index < -0.39 is 0 Å². The van der Waals surface area contributed by atoms with Crippen molar-refractivity contribution in [3.63, 3.8) is 0 Å². The summed E-state index contributed by atoms with van der Waals surface area (Å²) in [7, 11) is 0. The highest BCUT2D eigenvalue weighted by atomic mass is 16.3. The largest absolute Gasteiger partial charge is 0.508 e. The number of aromatic hydroxyl groups is 1. The Morgan fingerprint density at radius 2 is 1.85 bits per heavy atom. The van der Waals surface area contributed by atoms with Gasteiger partial charge in [0.1, 0.15) is 5.75 Å². The van der Waals surface area contributed by atoms with Crippen molar-refractivity contribution in [3.8, 4) is 5.75 Å². The SMILES string of the molecule is CCCN(CCC)C1Cc2c(O)cccc2CC1(C)C. The molecule has 0 heterocycles. The standard InChI is InChI=1S/C18H29NO/c1-5-10-19(11-6-2)17-12-15-14(13-18(17,3)4)8-7-9-16(15)20/h7-9,17,20H,5-6,10-13H2,1-4H3. The molecule has 112 valence electrons. The highest BCUT2D eigenvalue weighted by molar-refractivity contribution is 5.42. The molecule has 2 nitrogen and oxygen atoms in total. The summed E-state index contributed by atoms with van der Waals surface area (Å²) in [4.78, 5) is 2.63. The minimum atomic E-state index is 0.269. The number of phenols is 1. The minimum absolute atomic E-state index is 0.269. The van der Waals surface area contributed by atoms with Gasteiger partial charge in [0, 0.05) is 6.04 Å². The van der Waals surface area contributed by atoms with E-state index in [9.17, 15) is 5.11 Å². The van der Waals surface area contributed by atoms with Gasteiger partial charge in [-0.25, -0.2) is 0 Å². The molecule has 2 rings (SSSR count). The van der Waals surface area contributed by atoms with Crippen LogP contribution < -0.4 is 0 Å². The highest BCUT2D eigenvalue weighted by Gasteiger charge is 2.38. The van der Waals surface area contributed by atoms with Crippen molar-refractivity contribution in [2.45, 2.75) is 59.4 Å². The molecule has 0 spiro atoms. The van der Waals surface area contributed by atoms with Crippen LogP contribution in [0.25, 0.3) is 0 Å². The summed E-state index contributed by atoms with van der Waals surface area (Å²) in [5.74, 6) is 0.482. The van der Waals surface area contributed by atoms with Crippen LogP contribution >= 0.6 is 0 Å². The van der Waals surface area contributed by atoms with Crippen molar-refractivity contribution < 1.29 is 5.11 Å². The predicted molar refractivity (Wildman–Crippen MR) is 85.2 cm³/mol. The Hall–Kier alpha value is -1.02. The van der Waals surface area contributed by atoms with Crippen molar-refractivity contribution >= 4 is 0 Å². The summed E-state index contributed by atoms with van der Waals surface area (Å²) in [5, 5.41) is 10.2. The van der Waals surface area contributed by atoms with Crippen molar-refractivity contribution in [2.24, 2.45) is 5.41 Å². The van der Waals surface area contributed by atoms with E-state index in [-0.39, 0.29) is 5.41 Å². The third-order valence-corrected chi connectivity index (χ3v) is 4.66. The van der Waals surface area contributed by atoms with Crippen molar-refractivity contribution in [1.29, 1.82) is 0 Å². The fourth-order valence-corrected chi connectivity index (χ4v) is 3.72. The van der Waals surface area contributed by atoms with Gasteiger partial charge in [-0.05, 0) is 61.4 Å². The summed E-state index contributed by atoms with van der Waals surface area (Å²) in [6.45, 7) is 11.6. The van der Waals surface area contributed by atoms with Crippen LogP contribution in [0.4, 0.5) is 0 Å². The first kappa shape index (κ1) is 15.4. The lowest BCUT2D eigenvalue weighted by Crippen LogP contribution is -2.50. The van der Waals surface area contributed by atoms with Crippen LogP contribution in [0, 0.1) is 5.41 Å². The topological polar surface area (TPSA) is 23.5 Å². The van der Waals surface area contributed by atoms with Gasteiger partial charge in [0.15, 0.2) is 0 Å². The van der Waals surface area contributed by atoms with E-state index in [4.69, 9.17) is 0 Å². The van der Waals surface area contributed by atoms with Crippen molar-refractivity contribution in [2.75, 3.05) is 13.1 Å². The monoisotopic (exact) mass is 275 g/mol. The predicted octanol–water partition coefficient (Wildman–Crippen LogP) is 4.01. The van der Waals surface area contributed by atoms with Crippen LogP contribution in [0.15, 0.2) is 18.2 Å². The van der Waals surface area contributed by atoms with Gasteiger partial charge in [-0.3, -0.25) is 4.90 Å². The van der Waals surface area contributed by atoms with Gasteiger partial charge in [-0.15, -0.1) is 0 Å². The van der Waals surface area contributed by atoms with Gasteiger partial charge >= 0.3 is 0 Å². The first-order valence-electron chi connectivity index (χ1n) is 8.03. The number of nitrogens with zero attached hydrogens (tertiary/aromatic N) is 1. The molecule has 1 aromatic rings. The normalized spacial score (nSPS) is 20.9. The van der Waals surface area contributed by atoms with Gasteiger partial charge in [-0.2, -0.15) is 0 Å². The van der Waals surface area contributed by atoms with E-state index in [1.165, 1.54) is 24.0 Å². The van der Waals surface area contributed by atoms with Gasteiger partial charge in [0.25, 0.3) is 0 Å². The van der Waals surface area contributed by atoms with Crippen molar-refractivity contribution in [1.82, 2.24) is 4.90 Å². The van der Waals surface area contributed by atoms with Crippen LogP contribution in [0.5, 0.6) is 5.75 Å². The summed E-state index contributed by atoms with van der Waals surface area (Å²) < 4.78 is 0. The average Bonchev–Trinajstić information content (AvgIpc) is 2.37. The molecule has 0 bridgehead atoms. The third-order valence-electron chi connectivity index (χ3n) is 4.66. The maximum atomic E-state index is 10.2. The first-order valence-corrected chi connectivity index (χ1v) is 8.03. The molecule has 1 aliphatic carbocycles. The Morgan fingerprint density at radius 3 is 2.45 bits per heavy atom. The fourth-order valence-electron chi connectivity index (χ4n) is 3.72. The van der Waals surface area contributed by atoms with E-state index in [0.717, 1.165) is 25.9 Å². The molecule has 0 fully saturated rings. The zero-order valence-electron chi connectivity index (χ0n) is 13.4. The summed E-state index contributed by atoms with van der Waals surface area (Å²) in [6.07, 6.45) is 4.43. The van der Waals surface area contributed by atoms with Crippen LogP contribution in [-0.4, -0.2) is 29.1 Å². The van der Waals surface area contributed by atoms with E-state index in [0.29, 0.717) is 11.8 Å². The van der Waals surface area contributed by atoms with E-state index in [2.05, 4.69) is 38.7 Å². The molecule has 0 amide bonds. The average molecular weight is 275 g/mol. The maximum absolute atomic E-state index is 10.2. The molecule has 0 saturated carbocycles. The number of phenolic OH excluding ortho intramolecular Hbond substituents is 1. The zero-order valence-corrected chi connectivity index (χ0v) is 13.4. The van der Waals surface area contributed by atoms with Gasteiger partial charge in [0.05, 0.1) is 0 Å². The molecule has 20 heavy (non-hydrogen) atoms. The third kappa shape index (κ3) is 3.01.